The monoisotopic (exact) mass is 391 g/mol. The van der Waals surface area contributed by atoms with E-state index >= 15 is 0 Å². The first-order valence-corrected chi connectivity index (χ1v) is 10.1. The Morgan fingerprint density at radius 2 is 1.72 bits per heavy atom. The van der Waals surface area contributed by atoms with Crippen molar-refractivity contribution in [2.75, 3.05) is 27.3 Å². The van der Waals surface area contributed by atoms with Crippen molar-refractivity contribution < 1.29 is 9.47 Å². The standard InChI is InChI=1S/C24H29N3O2/c1-16-12-24(29-4)17(2)11-19(16)13-27-14-21(18-5-7-20(28-3)8-6-18)22(15-27)23-9-10-25-26-23/h5-12,21-22H,13-15H2,1-4H3,(H,25,26)/t21-,22+/m0/s1. The first-order chi connectivity index (χ1) is 14.1. The molecule has 1 fully saturated rings. The van der Waals surface area contributed by atoms with Crippen molar-refractivity contribution in [1.29, 1.82) is 0 Å². The first-order valence-electron chi connectivity index (χ1n) is 10.1. The molecule has 2 heterocycles. The lowest BCUT2D eigenvalue weighted by Gasteiger charge is -2.19. The maximum Gasteiger partial charge on any atom is 0.122 e. The van der Waals surface area contributed by atoms with E-state index in [4.69, 9.17) is 9.47 Å². The van der Waals surface area contributed by atoms with Gasteiger partial charge in [-0.15, -0.1) is 0 Å². The second-order valence-electron chi connectivity index (χ2n) is 7.94. The zero-order valence-corrected chi connectivity index (χ0v) is 17.6. The van der Waals surface area contributed by atoms with Gasteiger partial charge >= 0.3 is 0 Å². The molecule has 29 heavy (non-hydrogen) atoms. The van der Waals surface area contributed by atoms with Crippen LogP contribution in [0.1, 0.15) is 39.8 Å². The van der Waals surface area contributed by atoms with Crippen molar-refractivity contribution in [1.82, 2.24) is 15.1 Å². The zero-order chi connectivity index (χ0) is 20.4. The Hall–Kier alpha value is -2.79. The Labute approximate surface area is 172 Å². The molecule has 0 unspecified atom stereocenters. The number of aryl methyl sites for hydroxylation is 2. The molecule has 0 amide bonds. The molecule has 1 saturated heterocycles. The molecular formula is C24H29N3O2. The SMILES string of the molecule is COc1ccc([C@@H]2CN(Cc3cc(C)c(OC)cc3C)C[C@H]2c2ccn[nH]2)cc1. The maximum absolute atomic E-state index is 5.48. The molecule has 5 heteroatoms. The number of ether oxygens (including phenoxy) is 2. The number of hydrogen-bond acceptors (Lipinski definition) is 4. The van der Waals surface area contributed by atoms with Crippen LogP contribution in [-0.4, -0.2) is 42.4 Å². The van der Waals surface area contributed by atoms with Crippen LogP contribution in [0.4, 0.5) is 0 Å². The quantitative estimate of drug-likeness (QED) is 0.675. The van der Waals surface area contributed by atoms with Gasteiger partial charge < -0.3 is 9.47 Å². The highest BCUT2D eigenvalue weighted by Crippen LogP contribution is 2.40. The van der Waals surface area contributed by atoms with E-state index in [0.29, 0.717) is 11.8 Å². The van der Waals surface area contributed by atoms with Crippen LogP contribution >= 0.6 is 0 Å². The second kappa shape index (κ2) is 8.29. The molecule has 1 aliphatic heterocycles. The molecule has 0 radical (unpaired) electrons. The van der Waals surface area contributed by atoms with Crippen molar-refractivity contribution in [2.24, 2.45) is 0 Å². The van der Waals surface area contributed by atoms with Gasteiger partial charge in [-0.05, 0) is 60.4 Å². The number of aromatic nitrogens is 2. The lowest BCUT2D eigenvalue weighted by molar-refractivity contribution is 0.322. The van der Waals surface area contributed by atoms with Crippen molar-refractivity contribution in [3.63, 3.8) is 0 Å². The fraction of sp³-hybridized carbons (Fsp3) is 0.375. The predicted octanol–water partition coefficient (Wildman–Crippen LogP) is 4.43. The largest absolute Gasteiger partial charge is 0.497 e. The summed E-state index contributed by atoms with van der Waals surface area (Å²) in [5.74, 6) is 2.66. The molecule has 1 aromatic heterocycles. The van der Waals surface area contributed by atoms with Crippen LogP contribution in [0.2, 0.25) is 0 Å². The molecule has 2 aromatic carbocycles. The van der Waals surface area contributed by atoms with Crippen LogP contribution in [-0.2, 0) is 6.54 Å². The Morgan fingerprint density at radius 3 is 2.38 bits per heavy atom. The van der Waals surface area contributed by atoms with Crippen molar-refractivity contribution in [3.05, 3.63) is 76.6 Å². The molecule has 152 valence electrons. The summed E-state index contributed by atoms with van der Waals surface area (Å²) in [6.07, 6.45) is 1.85. The Bertz CT molecular complexity index is 951. The van der Waals surface area contributed by atoms with Crippen LogP contribution in [0.25, 0.3) is 0 Å². The van der Waals surface area contributed by atoms with Gasteiger partial charge in [-0.1, -0.05) is 18.2 Å². The number of hydrogen-bond donors (Lipinski definition) is 1. The van der Waals surface area contributed by atoms with Crippen molar-refractivity contribution in [2.45, 2.75) is 32.2 Å². The van der Waals surface area contributed by atoms with E-state index in [0.717, 1.165) is 31.1 Å². The number of benzene rings is 2. The molecule has 5 nitrogen and oxygen atoms in total. The number of likely N-dealkylation sites (tertiary alicyclic amines) is 1. The zero-order valence-electron chi connectivity index (χ0n) is 17.6. The highest BCUT2D eigenvalue weighted by Gasteiger charge is 2.35. The van der Waals surface area contributed by atoms with Crippen LogP contribution < -0.4 is 9.47 Å². The highest BCUT2D eigenvalue weighted by atomic mass is 16.5. The Kier molecular flexibility index (Phi) is 5.58. The number of methoxy groups -OCH3 is 2. The predicted molar refractivity (Wildman–Crippen MR) is 115 cm³/mol. The Morgan fingerprint density at radius 1 is 0.966 bits per heavy atom. The maximum atomic E-state index is 5.48. The van der Waals surface area contributed by atoms with Gasteiger partial charge in [0.1, 0.15) is 11.5 Å². The summed E-state index contributed by atoms with van der Waals surface area (Å²) in [6, 6.07) is 15.0. The van der Waals surface area contributed by atoms with Gasteiger partial charge in [0.2, 0.25) is 0 Å². The van der Waals surface area contributed by atoms with Crippen LogP contribution in [0.15, 0.2) is 48.7 Å². The summed E-state index contributed by atoms with van der Waals surface area (Å²) in [6.45, 7) is 7.23. The summed E-state index contributed by atoms with van der Waals surface area (Å²) in [7, 11) is 3.44. The summed E-state index contributed by atoms with van der Waals surface area (Å²) in [5, 5.41) is 7.40. The third-order valence-corrected chi connectivity index (χ3v) is 6.11. The van der Waals surface area contributed by atoms with E-state index in [1.165, 1.54) is 27.9 Å². The molecule has 2 atom stereocenters. The Balaban J connectivity index is 1.59. The van der Waals surface area contributed by atoms with Gasteiger partial charge in [-0.25, -0.2) is 0 Å². The van der Waals surface area contributed by atoms with Crippen molar-refractivity contribution >= 4 is 0 Å². The minimum atomic E-state index is 0.394. The number of rotatable bonds is 6. The number of H-pyrrole nitrogens is 1. The number of nitrogens with zero attached hydrogens (tertiary/aromatic N) is 2. The topological polar surface area (TPSA) is 50.4 Å². The van der Waals surface area contributed by atoms with Gasteiger partial charge in [-0.2, -0.15) is 5.10 Å². The third-order valence-electron chi connectivity index (χ3n) is 6.11. The van der Waals surface area contributed by atoms with Crippen molar-refractivity contribution in [3.8, 4) is 11.5 Å². The van der Waals surface area contributed by atoms with E-state index < -0.39 is 0 Å². The third kappa shape index (κ3) is 4.01. The van der Waals surface area contributed by atoms with Gasteiger partial charge in [0.05, 0.1) is 14.2 Å². The van der Waals surface area contributed by atoms with Gasteiger partial charge in [0.15, 0.2) is 0 Å². The van der Waals surface area contributed by atoms with E-state index in [1.807, 2.05) is 6.20 Å². The minimum Gasteiger partial charge on any atom is -0.497 e. The van der Waals surface area contributed by atoms with Crippen LogP contribution in [0.3, 0.4) is 0 Å². The second-order valence-corrected chi connectivity index (χ2v) is 7.94. The molecular weight excluding hydrogens is 362 g/mol. The van der Waals surface area contributed by atoms with E-state index in [9.17, 15) is 0 Å². The fourth-order valence-corrected chi connectivity index (χ4v) is 4.47. The number of nitrogens with one attached hydrogen (secondary N) is 1. The van der Waals surface area contributed by atoms with E-state index in [1.54, 1.807) is 14.2 Å². The normalized spacial score (nSPS) is 19.4. The van der Waals surface area contributed by atoms with E-state index in [2.05, 4.69) is 71.4 Å². The van der Waals surface area contributed by atoms with Gasteiger partial charge in [-0.3, -0.25) is 10.00 Å². The highest BCUT2D eigenvalue weighted by molar-refractivity contribution is 5.42. The lowest BCUT2D eigenvalue weighted by Crippen LogP contribution is -2.21. The summed E-state index contributed by atoms with van der Waals surface area (Å²) in [4.78, 5) is 2.55. The number of aromatic amines is 1. The average molecular weight is 392 g/mol. The van der Waals surface area contributed by atoms with E-state index in [-0.39, 0.29) is 0 Å². The molecule has 0 spiro atoms. The van der Waals surface area contributed by atoms with Crippen LogP contribution in [0, 0.1) is 13.8 Å². The van der Waals surface area contributed by atoms with Crippen LogP contribution in [0.5, 0.6) is 11.5 Å². The lowest BCUT2D eigenvalue weighted by atomic mass is 9.87. The summed E-state index contributed by atoms with van der Waals surface area (Å²) >= 11 is 0. The molecule has 1 N–H and O–H groups in total. The first kappa shape index (κ1) is 19.5. The van der Waals surface area contributed by atoms with Gasteiger partial charge in [0, 0.05) is 43.4 Å². The molecule has 1 aliphatic rings. The summed E-state index contributed by atoms with van der Waals surface area (Å²) < 4.78 is 10.8. The van der Waals surface area contributed by atoms with Gasteiger partial charge in [0.25, 0.3) is 0 Å². The minimum absolute atomic E-state index is 0.394. The smallest absolute Gasteiger partial charge is 0.122 e. The summed E-state index contributed by atoms with van der Waals surface area (Å²) in [5.41, 5.74) is 6.37. The average Bonchev–Trinajstić information content (AvgIpc) is 3.40. The molecule has 4 rings (SSSR count). The fourth-order valence-electron chi connectivity index (χ4n) is 4.47. The molecule has 3 aromatic rings. The molecule has 0 bridgehead atoms. The molecule has 0 saturated carbocycles. The molecule has 0 aliphatic carbocycles.